The van der Waals surface area contributed by atoms with E-state index in [2.05, 4.69) is 10.1 Å². The first-order valence-electron chi connectivity index (χ1n) is 6.35. The highest BCUT2D eigenvalue weighted by atomic mass is 32.2. The van der Waals surface area contributed by atoms with Gasteiger partial charge < -0.3 is 10.3 Å². The van der Waals surface area contributed by atoms with Gasteiger partial charge in [0.2, 0.25) is 10.0 Å². The molecule has 0 amide bonds. The van der Waals surface area contributed by atoms with Gasteiger partial charge >= 0.3 is 0 Å². The minimum Gasteiger partial charge on any atom is -0.381 e. The summed E-state index contributed by atoms with van der Waals surface area (Å²) in [5, 5.41) is 3.99. The maximum Gasteiger partial charge on any atom is 0.248 e. The number of imidazole rings is 1. The molecule has 8 nitrogen and oxygen atoms in total. The molecule has 1 aliphatic heterocycles. The number of hydrogen-bond acceptors (Lipinski definition) is 5. The van der Waals surface area contributed by atoms with E-state index in [1.54, 1.807) is 6.20 Å². The molecule has 0 unspecified atom stereocenters. The van der Waals surface area contributed by atoms with Gasteiger partial charge in [-0.1, -0.05) is 0 Å². The lowest BCUT2D eigenvalue weighted by Crippen LogP contribution is -2.38. The summed E-state index contributed by atoms with van der Waals surface area (Å²) in [6.45, 7) is 3.70. The average molecular weight is 296 g/mol. The molecular formula is C11H16N6O2S. The molecule has 3 heterocycles. The molecule has 0 aliphatic carbocycles. The van der Waals surface area contributed by atoms with Gasteiger partial charge in [0.25, 0.3) is 0 Å². The number of rotatable bonds is 3. The predicted molar refractivity (Wildman–Crippen MR) is 72.1 cm³/mol. The Morgan fingerprint density at radius 1 is 1.40 bits per heavy atom. The van der Waals surface area contributed by atoms with Crippen LogP contribution in [0.2, 0.25) is 0 Å². The number of anilines is 1. The predicted octanol–water partition coefficient (Wildman–Crippen LogP) is -0.114. The number of aryl methyl sites for hydroxylation is 1. The summed E-state index contributed by atoms with van der Waals surface area (Å²) in [5.41, 5.74) is 5.73. The van der Waals surface area contributed by atoms with Crippen molar-refractivity contribution in [1.29, 1.82) is 0 Å². The van der Waals surface area contributed by atoms with E-state index in [1.165, 1.54) is 15.2 Å². The Balaban J connectivity index is 1.95. The lowest BCUT2D eigenvalue weighted by atomic mass is 10.4. The normalized spacial score (nSPS) is 16.2. The fourth-order valence-corrected chi connectivity index (χ4v) is 3.72. The monoisotopic (exact) mass is 296 g/mol. The molecule has 0 bridgehead atoms. The van der Waals surface area contributed by atoms with Gasteiger partial charge in [-0.15, -0.1) is 0 Å². The number of aromatic nitrogens is 4. The second-order valence-corrected chi connectivity index (χ2v) is 6.52. The molecule has 20 heavy (non-hydrogen) atoms. The first kappa shape index (κ1) is 13.1. The van der Waals surface area contributed by atoms with Gasteiger partial charge in [0, 0.05) is 38.2 Å². The summed E-state index contributed by atoms with van der Waals surface area (Å²) in [5.74, 6) is 0.780. The Labute approximate surface area is 116 Å². The molecule has 0 atom stereocenters. The van der Waals surface area contributed by atoms with Gasteiger partial charge in [-0.2, -0.15) is 9.40 Å². The summed E-state index contributed by atoms with van der Waals surface area (Å²) < 4.78 is 30.1. The van der Waals surface area contributed by atoms with E-state index in [1.807, 2.05) is 17.7 Å². The van der Waals surface area contributed by atoms with E-state index in [9.17, 15) is 8.42 Å². The van der Waals surface area contributed by atoms with Crippen LogP contribution >= 0.6 is 0 Å². The van der Waals surface area contributed by atoms with Gasteiger partial charge in [0.05, 0.1) is 6.54 Å². The Bertz CT molecular complexity index is 732. The van der Waals surface area contributed by atoms with Gasteiger partial charge in [0.15, 0.2) is 5.82 Å². The van der Waals surface area contributed by atoms with Crippen LogP contribution in [0, 0.1) is 0 Å². The van der Waals surface area contributed by atoms with Crippen molar-refractivity contribution >= 4 is 15.8 Å². The number of nitrogens with two attached hydrogens (primary N) is 1. The highest BCUT2D eigenvalue weighted by Gasteiger charge is 2.31. The smallest absolute Gasteiger partial charge is 0.248 e. The zero-order chi connectivity index (χ0) is 14.3. The van der Waals surface area contributed by atoms with Gasteiger partial charge in [-0.05, 0) is 6.92 Å². The van der Waals surface area contributed by atoms with Crippen LogP contribution in [0.1, 0.15) is 12.7 Å². The second-order valence-electron chi connectivity index (χ2n) is 4.61. The van der Waals surface area contributed by atoms with Crippen LogP contribution in [0.5, 0.6) is 0 Å². The Morgan fingerprint density at radius 2 is 2.20 bits per heavy atom. The minimum atomic E-state index is -3.63. The summed E-state index contributed by atoms with van der Waals surface area (Å²) >= 11 is 0. The van der Waals surface area contributed by atoms with E-state index in [4.69, 9.17) is 5.73 Å². The zero-order valence-electron chi connectivity index (χ0n) is 11.1. The molecule has 108 valence electrons. The Hall–Kier alpha value is -1.87. The molecule has 1 aliphatic rings. The average Bonchev–Trinajstić information content (AvgIpc) is 3.03. The maximum atomic E-state index is 12.6. The third-order valence-corrected chi connectivity index (χ3v) is 5.27. The molecule has 2 N–H and O–H groups in total. The molecule has 0 saturated heterocycles. The van der Waals surface area contributed by atoms with Crippen molar-refractivity contribution in [3.8, 4) is 0 Å². The van der Waals surface area contributed by atoms with E-state index in [0.29, 0.717) is 19.6 Å². The number of nitrogens with zero attached hydrogens (tertiary/aromatic N) is 5. The molecule has 0 spiro atoms. The third kappa shape index (κ3) is 1.98. The zero-order valence-corrected chi connectivity index (χ0v) is 11.9. The first-order valence-corrected chi connectivity index (χ1v) is 7.79. The van der Waals surface area contributed by atoms with Crippen molar-refractivity contribution < 1.29 is 8.42 Å². The van der Waals surface area contributed by atoms with Crippen molar-refractivity contribution in [2.24, 2.45) is 0 Å². The van der Waals surface area contributed by atoms with E-state index >= 15 is 0 Å². The number of sulfonamides is 1. The molecule has 0 radical (unpaired) electrons. The first-order chi connectivity index (χ1) is 9.52. The van der Waals surface area contributed by atoms with Crippen LogP contribution in [-0.4, -0.2) is 38.6 Å². The van der Waals surface area contributed by atoms with Gasteiger partial charge in [-0.25, -0.2) is 13.4 Å². The van der Waals surface area contributed by atoms with Crippen molar-refractivity contribution in [2.45, 2.75) is 31.5 Å². The topological polar surface area (TPSA) is 99.0 Å². The highest BCUT2D eigenvalue weighted by molar-refractivity contribution is 7.89. The Kier molecular flexibility index (Phi) is 3.02. The van der Waals surface area contributed by atoms with Crippen LogP contribution in [0.3, 0.4) is 0 Å². The van der Waals surface area contributed by atoms with Gasteiger partial charge in [0.1, 0.15) is 10.7 Å². The second kappa shape index (κ2) is 4.60. The van der Waals surface area contributed by atoms with E-state index in [0.717, 1.165) is 5.82 Å². The number of fused-ring (bicyclic) bond motifs is 1. The minimum absolute atomic E-state index is 0.0424. The lowest BCUT2D eigenvalue weighted by Gasteiger charge is -2.26. The molecule has 3 rings (SSSR count). The van der Waals surface area contributed by atoms with Gasteiger partial charge in [-0.3, -0.25) is 4.68 Å². The molecule has 0 fully saturated rings. The molecule has 2 aromatic rings. The fraction of sp³-hybridized carbons (Fsp3) is 0.455. The largest absolute Gasteiger partial charge is 0.381 e. The van der Waals surface area contributed by atoms with Crippen molar-refractivity contribution in [3.05, 3.63) is 24.4 Å². The SMILES string of the molecule is CCn1cc(S(=O)(=O)N2CCn3ccnc3C2)c(N)n1. The molecule has 0 aromatic carbocycles. The van der Waals surface area contributed by atoms with Crippen LogP contribution in [-0.2, 0) is 29.7 Å². The van der Waals surface area contributed by atoms with Crippen molar-refractivity contribution in [1.82, 2.24) is 23.6 Å². The van der Waals surface area contributed by atoms with Crippen molar-refractivity contribution in [3.63, 3.8) is 0 Å². The van der Waals surface area contributed by atoms with Crippen LogP contribution in [0.4, 0.5) is 5.82 Å². The van der Waals surface area contributed by atoms with Crippen molar-refractivity contribution in [2.75, 3.05) is 12.3 Å². The molecule has 2 aromatic heterocycles. The maximum absolute atomic E-state index is 12.6. The third-order valence-electron chi connectivity index (χ3n) is 3.41. The summed E-state index contributed by atoms with van der Waals surface area (Å²) in [6.07, 6.45) is 5.00. The van der Waals surface area contributed by atoms with Crippen LogP contribution in [0.25, 0.3) is 0 Å². The van der Waals surface area contributed by atoms with Crippen LogP contribution < -0.4 is 5.73 Å². The lowest BCUT2D eigenvalue weighted by molar-refractivity contribution is 0.335. The fourth-order valence-electron chi connectivity index (χ4n) is 2.27. The molecule has 9 heteroatoms. The number of hydrogen-bond donors (Lipinski definition) is 1. The number of nitrogen functional groups attached to an aromatic ring is 1. The van der Waals surface area contributed by atoms with Crippen LogP contribution in [0.15, 0.2) is 23.5 Å². The summed E-state index contributed by atoms with van der Waals surface area (Å²) in [7, 11) is -3.63. The Morgan fingerprint density at radius 3 is 2.90 bits per heavy atom. The summed E-state index contributed by atoms with van der Waals surface area (Å²) in [4.78, 5) is 4.23. The quantitative estimate of drug-likeness (QED) is 0.851. The van der Waals surface area contributed by atoms with E-state index < -0.39 is 10.0 Å². The highest BCUT2D eigenvalue weighted by Crippen LogP contribution is 2.24. The summed E-state index contributed by atoms with van der Waals surface area (Å²) in [6, 6.07) is 0. The van der Waals surface area contributed by atoms with E-state index in [-0.39, 0.29) is 17.3 Å². The molecular weight excluding hydrogens is 280 g/mol. The molecule has 0 saturated carbocycles. The standard InChI is InChI=1S/C11H16N6O2S/c1-2-16-7-9(11(12)14-16)20(18,19)17-6-5-15-4-3-13-10(15)8-17/h3-4,7H,2,5-6,8H2,1H3,(H2,12,14).